The van der Waals surface area contributed by atoms with Gasteiger partial charge in [0.2, 0.25) is 0 Å². The molecule has 136 valence electrons. The van der Waals surface area contributed by atoms with E-state index < -0.39 is 11.7 Å². The smallest absolute Gasteiger partial charge is 0.356 e. The molecule has 1 N–H and O–H groups in total. The molecule has 0 bridgehead atoms. The molecule has 0 saturated carbocycles. The molecule has 3 rings (SSSR count). The zero-order chi connectivity index (χ0) is 18.9. The largest absolute Gasteiger partial charge is 0.461 e. The molecule has 1 aliphatic heterocycles. The van der Waals surface area contributed by atoms with Crippen LogP contribution in [0.15, 0.2) is 42.5 Å². The van der Waals surface area contributed by atoms with E-state index in [0.29, 0.717) is 16.8 Å². The first kappa shape index (κ1) is 18.1. The van der Waals surface area contributed by atoms with Crippen molar-refractivity contribution in [3.05, 3.63) is 65.0 Å². The normalized spacial score (nSPS) is 19.0. The highest BCUT2D eigenvalue weighted by molar-refractivity contribution is 5.99. The summed E-state index contributed by atoms with van der Waals surface area (Å²) in [5, 5.41) is 11.4. The van der Waals surface area contributed by atoms with Gasteiger partial charge in [0.1, 0.15) is 5.69 Å². The number of pyridine rings is 1. The molecule has 1 unspecified atom stereocenters. The predicted molar refractivity (Wildman–Crippen MR) is 95.2 cm³/mol. The number of carbonyl (C=O) groups is 2. The van der Waals surface area contributed by atoms with Gasteiger partial charge >= 0.3 is 5.97 Å². The van der Waals surface area contributed by atoms with Crippen LogP contribution in [0.5, 0.6) is 0 Å². The minimum Gasteiger partial charge on any atom is -0.461 e. The van der Waals surface area contributed by atoms with Crippen LogP contribution in [0.4, 0.5) is 0 Å². The van der Waals surface area contributed by atoms with Crippen molar-refractivity contribution in [2.24, 2.45) is 5.92 Å². The van der Waals surface area contributed by atoms with Gasteiger partial charge in [-0.3, -0.25) is 4.79 Å². The van der Waals surface area contributed by atoms with Crippen molar-refractivity contribution >= 4 is 11.9 Å². The molecule has 6 heteroatoms. The molecule has 2 heterocycles. The number of ether oxygens (including phenoxy) is 1. The van der Waals surface area contributed by atoms with E-state index in [4.69, 9.17) is 4.74 Å². The molecule has 0 spiro atoms. The summed E-state index contributed by atoms with van der Waals surface area (Å²) < 4.78 is 4.97. The van der Waals surface area contributed by atoms with E-state index in [2.05, 4.69) is 4.98 Å². The van der Waals surface area contributed by atoms with Gasteiger partial charge < -0.3 is 14.7 Å². The Labute approximate surface area is 152 Å². The second kappa shape index (κ2) is 6.88. The van der Waals surface area contributed by atoms with Crippen LogP contribution in [0.3, 0.4) is 0 Å². The molecule has 2 aromatic rings. The summed E-state index contributed by atoms with van der Waals surface area (Å²) in [6, 6.07) is 12.1. The lowest BCUT2D eigenvalue weighted by molar-refractivity contribution is -0.123. The average Bonchev–Trinajstić information content (AvgIpc) is 2.86. The van der Waals surface area contributed by atoms with Crippen molar-refractivity contribution in [3.63, 3.8) is 0 Å². The first-order chi connectivity index (χ1) is 12.4. The summed E-state index contributed by atoms with van der Waals surface area (Å²) in [7, 11) is 0. The van der Waals surface area contributed by atoms with Crippen LogP contribution in [-0.4, -0.2) is 33.5 Å². The van der Waals surface area contributed by atoms with Crippen LogP contribution < -0.4 is 0 Å². The maximum atomic E-state index is 12.9. The number of aromatic nitrogens is 1. The van der Waals surface area contributed by atoms with Crippen molar-refractivity contribution in [3.8, 4) is 0 Å². The quantitative estimate of drug-likeness (QED) is 0.835. The molecule has 6 nitrogen and oxygen atoms in total. The van der Waals surface area contributed by atoms with Crippen LogP contribution in [0.2, 0.25) is 0 Å². The maximum absolute atomic E-state index is 12.9. The predicted octanol–water partition coefficient (Wildman–Crippen LogP) is 2.72. The Bertz CT molecular complexity index is 849. The number of fused-ring (bicyclic) bond motifs is 1. The number of rotatable bonds is 5. The second-order valence-corrected chi connectivity index (χ2v) is 6.55. The summed E-state index contributed by atoms with van der Waals surface area (Å²) >= 11 is 0. The molecule has 1 aromatic heterocycles. The lowest BCUT2D eigenvalue weighted by Crippen LogP contribution is -2.47. The topological polar surface area (TPSA) is 79.7 Å². The molecule has 0 aliphatic carbocycles. The van der Waals surface area contributed by atoms with Crippen LogP contribution in [0.25, 0.3) is 0 Å². The highest BCUT2D eigenvalue weighted by Gasteiger charge is 2.50. The zero-order valence-corrected chi connectivity index (χ0v) is 15.1. The molecule has 0 fully saturated rings. The van der Waals surface area contributed by atoms with E-state index >= 15 is 0 Å². The van der Waals surface area contributed by atoms with Crippen molar-refractivity contribution < 1.29 is 19.4 Å². The molecule has 1 aliphatic rings. The number of amides is 1. The number of carbonyl (C=O) groups excluding carboxylic acids is 2. The van der Waals surface area contributed by atoms with Crippen molar-refractivity contribution in [2.75, 3.05) is 6.61 Å². The highest BCUT2D eigenvalue weighted by atomic mass is 16.5. The van der Waals surface area contributed by atoms with Crippen LogP contribution >= 0.6 is 0 Å². The molecule has 0 saturated heterocycles. The van der Waals surface area contributed by atoms with Crippen molar-refractivity contribution in [1.82, 2.24) is 9.88 Å². The first-order valence-electron chi connectivity index (χ1n) is 8.66. The second-order valence-electron chi connectivity index (χ2n) is 6.55. The SMILES string of the molecule is CCOC(=O)c1cccc(CN2C(=O)c3ccccc3C2(O)C(C)C)n1. The minimum absolute atomic E-state index is 0.0927. The Kier molecular flexibility index (Phi) is 4.78. The monoisotopic (exact) mass is 354 g/mol. The third kappa shape index (κ3) is 2.86. The van der Waals surface area contributed by atoms with Gasteiger partial charge in [-0.1, -0.05) is 38.1 Å². The van der Waals surface area contributed by atoms with Crippen LogP contribution in [-0.2, 0) is 17.0 Å². The third-order valence-corrected chi connectivity index (χ3v) is 4.63. The molecule has 26 heavy (non-hydrogen) atoms. The van der Waals surface area contributed by atoms with Gasteiger partial charge in [0.25, 0.3) is 5.91 Å². The zero-order valence-electron chi connectivity index (χ0n) is 15.1. The molecular weight excluding hydrogens is 332 g/mol. The number of nitrogens with zero attached hydrogens (tertiary/aromatic N) is 2. The summed E-state index contributed by atoms with van der Waals surface area (Å²) in [5.74, 6) is -0.979. The van der Waals surface area contributed by atoms with Gasteiger partial charge in [0.15, 0.2) is 5.72 Å². The molecule has 1 atom stereocenters. The van der Waals surface area contributed by atoms with Crippen molar-refractivity contribution in [1.29, 1.82) is 0 Å². The Morgan fingerprint density at radius 1 is 1.23 bits per heavy atom. The number of benzene rings is 1. The lowest BCUT2D eigenvalue weighted by atomic mass is 9.91. The van der Waals surface area contributed by atoms with Crippen molar-refractivity contribution in [2.45, 2.75) is 33.0 Å². The van der Waals surface area contributed by atoms with E-state index in [1.165, 1.54) is 4.90 Å². The fraction of sp³-hybridized carbons (Fsp3) is 0.350. The van der Waals surface area contributed by atoms with E-state index in [-0.39, 0.29) is 30.7 Å². The Hall–Kier alpha value is -2.73. The lowest BCUT2D eigenvalue weighted by Gasteiger charge is -2.37. The van der Waals surface area contributed by atoms with Gasteiger partial charge in [-0.2, -0.15) is 0 Å². The number of hydrogen-bond donors (Lipinski definition) is 1. The van der Waals surface area contributed by atoms with Gasteiger partial charge in [0.05, 0.1) is 18.8 Å². The highest BCUT2D eigenvalue weighted by Crippen LogP contribution is 2.42. The molecule has 0 radical (unpaired) electrons. The average molecular weight is 354 g/mol. The number of hydrogen-bond acceptors (Lipinski definition) is 5. The number of aliphatic hydroxyl groups is 1. The summed E-state index contributed by atoms with van der Waals surface area (Å²) in [5.41, 5.74) is 0.360. The molecular formula is C20H22N2O4. The Morgan fingerprint density at radius 2 is 1.96 bits per heavy atom. The van der Waals surface area contributed by atoms with Gasteiger partial charge in [-0.15, -0.1) is 0 Å². The summed E-state index contributed by atoms with van der Waals surface area (Å²) in [6.07, 6.45) is 0. The molecule has 1 amide bonds. The number of esters is 1. The van der Waals surface area contributed by atoms with Gasteiger partial charge in [-0.05, 0) is 25.1 Å². The standard InChI is InChI=1S/C20H22N2O4/c1-4-26-19(24)17-11-7-8-14(21-17)12-22-18(23)15-9-5-6-10-16(15)20(22,25)13(2)3/h5-11,13,25H,4,12H2,1-3H3. The van der Waals surface area contributed by atoms with Crippen LogP contribution in [0, 0.1) is 5.92 Å². The summed E-state index contributed by atoms with van der Waals surface area (Å²) in [6.45, 7) is 5.81. The van der Waals surface area contributed by atoms with E-state index in [1.54, 1.807) is 43.3 Å². The minimum atomic E-state index is -1.42. The fourth-order valence-electron chi connectivity index (χ4n) is 3.30. The van der Waals surface area contributed by atoms with E-state index in [1.807, 2.05) is 19.9 Å². The first-order valence-corrected chi connectivity index (χ1v) is 8.66. The Morgan fingerprint density at radius 3 is 2.65 bits per heavy atom. The van der Waals surface area contributed by atoms with Crippen LogP contribution in [0.1, 0.15) is 52.9 Å². The summed E-state index contributed by atoms with van der Waals surface area (Å²) in [4.78, 5) is 30.5. The third-order valence-electron chi connectivity index (χ3n) is 4.63. The van der Waals surface area contributed by atoms with E-state index in [0.717, 1.165) is 0 Å². The molecule has 1 aromatic carbocycles. The van der Waals surface area contributed by atoms with Gasteiger partial charge in [0, 0.05) is 17.0 Å². The maximum Gasteiger partial charge on any atom is 0.356 e. The van der Waals surface area contributed by atoms with E-state index in [9.17, 15) is 14.7 Å². The Balaban J connectivity index is 1.96. The fourth-order valence-corrected chi connectivity index (χ4v) is 3.30. The van der Waals surface area contributed by atoms with Gasteiger partial charge in [-0.25, -0.2) is 9.78 Å².